The summed E-state index contributed by atoms with van der Waals surface area (Å²) in [6, 6.07) is 1.93. The van der Waals surface area contributed by atoms with Gasteiger partial charge in [0.1, 0.15) is 12.1 Å². The number of rotatable bonds is 10. The number of aromatic nitrogens is 4. The first-order valence-corrected chi connectivity index (χ1v) is 8.83. The molecule has 0 amide bonds. The average molecular weight is 345 g/mol. The van der Waals surface area contributed by atoms with Crippen molar-refractivity contribution in [2.75, 3.05) is 31.8 Å². The van der Waals surface area contributed by atoms with E-state index in [2.05, 4.69) is 26.2 Å². The molecule has 2 aromatic heterocycles. The number of ether oxygens (including phenoxy) is 2. The Morgan fingerprint density at radius 1 is 1.32 bits per heavy atom. The highest BCUT2D eigenvalue weighted by Gasteiger charge is 2.22. The Labute approximate surface area is 149 Å². The first kappa shape index (κ1) is 17.7. The number of hydrogen-bond acceptors (Lipinski definition) is 6. The third-order valence-electron chi connectivity index (χ3n) is 4.37. The summed E-state index contributed by atoms with van der Waals surface area (Å²) >= 11 is 0. The molecule has 1 fully saturated rings. The summed E-state index contributed by atoms with van der Waals surface area (Å²) in [5.41, 5.74) is 2.23. The molecule has 7 nitrogen and oxygen atoms in total. The van der Waals surface area contributed by atoms with E-state index in [9.17, 15) is 0 Å². The van der Waals surface area contributed by atoms with Gasteiger partial charge in [0.25, 0.3) is 0 Å². The van der Waals surface area contributed by atoms with Gasteiger partial charge in [-0.15, -0.1) is 0 Å². The van der Waals surface area contributed by atoms with Crippen molar-refractivity contribution in [1.82, 2.24) is 19.7 Å². The van der Waals surface area contributed by atoms with Crippen molar-refractivity contribution in [3.63, 3.8) is 0 Å². The van der Waals surface area contributed by atoms with Crippen LogP contribution in [0.25, 0.3) is 0 Å². The highest BCUT2D eigenvalue weighted by Crippen LogP contribution is 2.29. The van der Waals surface area contributed by atoms with Gasteiger partial charge in [-0.3, -0.25) is 4.68 Å². The lowest BCUT2D eigenvalue weighted by Gasteiger charge is -2.23. The van der Waals surface area contributed by atoms with Gasteiger partial charge in [0, 0.05) is 51.7 Å². The minimum Gasteiger partial charge on any atom is -0.477 e. The van der Waals surface area contributed by atoms with E-state index in [-0.39, 0.29) is 0 Å². The summed E-state index contributed by atoms with van der Waals surface area (Å²) in [5, 5.41) is 4.44. The summed E-state index contributed by atoms with van der Waals surface area (Å²) in [6.07, 6.45) is 7.10. The second-order valence-corrected chi connectivity index (χ2v) is 6.65. The molecule has 136 valence electrons. The quantitative estimate of drug-likeness (QED) is 0.616. The number of nitrogens with zero attached hydrogens (tertiary/aromatic N) is 5. The van der Waals surface area contributed by atoms with Gasteiger partial charge in [-0.1, -0.05) is 0 Å². The van der Waals surface area contributed by atoms with E-state index in [4.69, 9.17) is 9.47 Å². The maximum atomic E-state index is 5.81. The summed E-state index contributed by atoms with van der Waals surface area (Å²) < 4.78 is 12.9. The number of hydrogen-bond donors (Lipinski definition) is 0. The van der Waals surface area contributed by atoms with E-state index in [0.29, 0.717) is 11.8 Å². The van der Waals surface area contributed by atoms with Gasteiger partial charge >= 0.3 is 0 Å². The van der Waals surface area contributed by atoms with Crippen molar-refractivity contribution < 1.29 is 9.47 Å². The van der Waals surface area contributed by atoms with Gasteiger partial charge in [0.05, 0.1) is 12.3 Å². The number of anilines is 1. The summed E-state index contributed by atoms with van der Waals surface area (Å²) in [4.78, 5) is 10.9. The molecule has 1 aliphatic carbocycles. The monoisotopic (exact) mass is 345 g/mol. The molecule has 1 saturated carbocycles. The first-order valence-electron chi connectivity index (χ1n) is 8.83. The highest BCUT2D eigenvalue weighted by atomic mass is 16.5. The summed E-state index contributed by atoms with van der Waals surface area (Å²) in [6.45, 7) is 5.11. The molecule has 0 radical (unpaired) electrons. The largest absolute Gasteiger partial charge is 0.477 e. The second kappa shape index (κ2) is 8.29. The maximum absolute atomic E-state index is 5.81. The van der Waals surface area contributed by atoms with Crippen molar-refractivity contribution in [3.8, 4) is 5.88 Å². The van der Waals surface area contributed by atoms with Crippen LogP contribution in [-0.2, 0) is 18.3 Å². The predicted octanol–water partition coefficient (Wildman–Crippen LogP) is 2.35. The molecule has 0 unspecified atom stereocenters. The molecule has 0 saturated heterocycles. The molecule has 0 bridgehead atoms. The van der Waals surface area contributed by atoms with Crippen LogP contribution in [-0.4, -0.2) is 46.6 Å². The zero-order chi connectivity index (χ0) is 17.6. The van der Waals surface area contributed by atoms with Gasteiger partial charge in [-0.2, -0.15) is 5.10 Å². The predicted molar refractivity (Wildman–Crippen MR) is 95.7 cm³/mol. The van der Waals surface area contributed by atoms with Gasteiger partial charge < -0.3 is 14.4 Å². The Hall–Kier alpha value is -2.15. The van der Waals surface area contributed by atoms with E-state index >= 15 is 0 Å². The van der Waals surface area contributed by atoms with Crippen LogP contribution in [0, 0.1) is 12.8 Å². The van der Waals surface area contributed by atoms with Gasteiger partial charge in [0.15, 0.2) is 0 Å². The Morgan fingerprint density at radius 2 is 2.16 bits per heavy atom. The second-order valence-electron chi connectivity index (χ2n) is 6.65. The van der Waals surface area contributed by atoms with Crippen molar-refractivity contribution in [1.29, 1.82) is 0 Å². The van der Waals surface area contributed by atoms with Gasteiger partial charge in [0.2, 0.25) is 5.88 Å². The van der Waals surface area contributed by atoms with Crippen LogP contribution in [0.2, 0.25) is 0 Å². The third kappa shape index (κ3) is 5.16. The molecule has 3 rings (SSSR count). The Kier molecular flexibility index (Phi) is 5.86. The van der Waals surface area contributed by atoms with Crippen molar-refractivity contribution >= 4 is 5.82 Å². The average Bonchev–Trinajstić information content (AvgIpc) is 3.37. The molecular weight excluding hydrogens is 318 g/mol. The molecule has 25 heavy (non-hydrogen) atoms. The molecule has 0 spiro atoms. The molecule has 0 aliphatic heterocycles. The fraction of sp³-hybridized carbons (Fsp3) is 0.611. The lowest BCUT2D eigenvalue weighted by molar-refractivity contribution is 0.196. The number of methoxy groups -OCH3 is 1. The van der Waals surface area contributed by atoms with Crippen molar-refractivity contribution in [2.45, 2.75) is 32.7 Å². The minimum atomic E-state index is 0.650. The molecule has 0 aromatic carbocycles. The van der Waals surface area contributed by atoms with Crippen molar-refractivity contribution in [2.24, 2.45) is 13.0 Å². The van der Waals surface area contributed by atoms with E-state index in [1.54, 1.807) is 13.4 Å². The van der Waals surface area contributed by atoms with Crippen LogP contribution in [0.3, 0.4) is 0 Å². The van der Waals surface area contributed by atoms with E-state index in [0.717, 1.165) is 44.2 Å². The molecular formula is C18H27N5O2. The Bertz CT molecular complexity index is 684. The van der Waals surface area contributed by atoms with Crippen LogP contribution in [0.4, 0.5) is 5.82 Å². The minimum absolute atomic E-state index is 0.650. The topological polar surface area (TPSA) is 65.3 Å². The SMILES string of the molecule is COCCCN(Cc1cn(C)nc1C)c1cc(OCC2CC2)ncn1. The molecule has 0 atom stereocenters. The van der Waals surface area contributed by atoms with Crippen molar-refractivity contribution in [3.05, 3.63) is 29.8 Å². The van der Waals surface area contributed by atoms with Gasteiger partial charge in [-0.05, 0) is 32.1 Å². The fourth-order valence-corrected chi connectivity index (χ4v) is 2.75. The molecule has 2 aromatic rings. The van der Waals surface area contributed by atoms with E-state index in [1.807, 2.05) is 24.7 Å². The zero-order valence-electron chi connectivity index (χ0n) is 15.3. The smallest absolute Gasteiger partial charge is 0.218 e. The molecule has 2 heterocycles. The number of aryl methyl sites for hydroxylation is 2. The highest BCUT2D eigenvalue weighted by molar-refractivity contribution is 5.42. The lowest BCUT2D eigenvalue weighted by atomic mass is 10.2. The van der Waals surface area contributed by atoms with Crippen LogP contribution in [0.15, 0.2) is 18.6 Å². The summed E-state index contributed by atoms with van der Waals surface area (Å²) in [7, 11) is 3.67. The third-order valence-corrected chi connectivity index (χ3v) is 4.37. The van der Waals surface area contributed by atoms with Crippen LogP contribution in [0.5, 0.6) is 5.88 Å². The van der Waals surface area contributed by atoms with Crippen LogP contribution in [0.1, 0.15) is 30.5 Å². The van der Waals surface area contributed by atoms with Crippen LogP contribution < -0.4 is 9.64 Å². The van der Waals surface area contributed by atoms with Crippen LogP contribution >= 0.6 is 0 Å². The maximum Gasteiger partial charge on any atom is 0.218 e. The van der Waals surface area contributed by atoms with Gasteiger partial charge in [-0.25, -0.2) is 9.97 Å². The summed E-state index contributed by atoms with van der Waals surface area (Å²) in [5.74, 6) is 2.23. The standard InChI is InChI=1S/C18H27N5O2/c1-14-16(10-22(2)21-14)11-23(7-4-8-24-3)17-9-18(20-13-19-17)25-12-15-5-6-15/h9-10,13,15H,4-8,11-12H2,1-3H3. The lowest BCUT2D eigenvalue weighted by Crippen LogP contribution is -2.26. The molecule has 1 aliphatic rings. The zero-order valence-corrected chi connectivity index (χ0v) is 15.3. The van der Waals surface area contributed by atoms with E-state index < -0.39 is 0 Å². The normalized spacial score (nSPS) is 13.9. The Balaban J connectivity index is 1.72. The first-order chi connectivity index (χ1) is 12.2. The fourth-order valence-electron chi connectivity index (χ4n) is 2.75. The molecule has 0 N–H and O–H groups in total. The van der Waals surface area contributed by atoms with E-state index in [1.165, 1.54) is 18.4 Å². The Morgan fingerprint density at radius 3 is 2.84 bits per heavy atom. The molecule has 7 heteroatoms.